The zero-order valence-electron chi connectivity index (χ0n) is 11.7. The van der Waals surface area contributed by atoms with Gasteiger partial charge in [-0.15, -0.1) is 0 Å². The van der Waals surface area contributed by atoms with Gasteiger partial charge < -0.3 is 0 Å². The zero-order chi connectivity index (χ0) is 17.4. The summed E-state index contributed by atoms with van der Waals surface area (Å²) >= 11 is 3.06. The molecule has 0 amide bonds. The first-order valence-electron chi connectivity index (χ1n) is 6.57. The standard InChI is InChI=1S/C16H7BrF4N2O/c17-16-9(7-24)15(14-10(19)2-1-3-11(14)20)22-23(16)13-5-4-8(18)6-12(13)21/h1-7H. The van der Waals surface area contributed by atoms with E-state index in [2.05, 4.69) is 21.0 Å². The summed E-state index contributed by atoms with van der Waals surface area (Å²) in [5, 5.41) is 3.93. The molecule has 0 atom stereocenters. The largest absolute Gasteiger partial charge is 0.298 e. The van der Waals surface area contributed by atoms with Crippen LogP contribution in [0.2, 0.25) is 0 Å². The summed E-state index contributed by atoms with van der Waals surface area (Å²) < 4.78 is 55.9. The van der Waals surface area contributed by atoms with Gasteiger partial charge >= 0.3 is 0 Å². The molecule has 0 spiro atoms. The van der Waals surface area contributed by atoms with E-state index in [0.717, 1.165) is 28.9 Å². The maximum atomic E-state index is 14.0. The number of hydrogen-bond donors (Lipinski definition) is 0. The van der Waals surface area contributed by atoms with E-state index in [-0.39, 0.29) is 21.5 Å². The molecular formula is C16H7BrF4N2O. The lowest BCUT2D eigenvalue weighted by molar-refractivity contribution is 0.112. The summed E-state index contributed by atoms with van der Waals surface area (Å²) in [6.45, 7) is 0. The zero-order valence-corrected chi connectivity index (χ0v) is 13.3. The Morgan fingerprint density at radius 2 is 1.67 bits per heavy atom. The van der Waals surface area contributed by atoms with Gasteiger partial charge in [0.25, 0.3) is 0 Å². The van der Waals surface area contributed by atoms with E-state index < -0.39 is 28.8 Å². The highest BCUT2D eigenvalue weighted by atomic mass is 79.9. The molecule has 0 aliphatic rings. The Kier molecular flexibility index (Phi) is 4.23. The number of aromatic nitrogens is 2. The quantitative estimate of drug-likeness (QED) is 0.474. The van der Waals surface area contributed by atoms with Crippen LogP contribution in [0, 0.1) is 23.3 Å². The number of carbonyl (C=O) groups is 1. The van der Waals surface area contributed by atoms with Crippen LogP contribution in [0.1, 0.15) is 10.4 Å². The summed E-state index contributed by atoms with van der Waals surface area (Å²) in [6.07, 6.45) is 0.343. The lowest BCUT2D eigenvalue weighted by Gasteiger charge is -2.05. The summed E-state index contributed by atoms with van der Waals surface area (Å²) in [6, 6.07) is 5.92. The van der Waals surface area contributed by atoms with Crippen molar-refractivity contribution in [1.29, 1.82) is 0 Å². The van der Waals surface area contributed by atoms with Crippen LogP contribution in [-0.4, -0.2) is 16.1 Å². The second kappa shape index (κ2) is 6.20. The Balaban J connectivity index is 2.29. The Morgan fingerprint density at radius 3 is 2.25 bits per heavy atom. The maximum absolute atomic E-state index is 14.0. The number of nitrogens with zero attached hydrogens (tertiary/aromatic N) is 2. The highest BCUT2D eigenvalue weighted by Crippen LogP contribution is 2.33. The van der Waals surface area contributed by atoms with E-state index in [9.17, 15) is 22.4 Å². The lowest BCUT2D eigenvalue weighted by Crippen LogP contribution is -2.01. The third-order valence-corrected chi connectivity index (χ3v) is 4.08. The molecule has 0 aliphatic heterocycles. The highest BCUT2D eigenvalue weighted by molar-refractivity contribution is 9.10. The first kappa shape index (κ1) is 16.4. The van der Waals surface area contributed by atoms with Crippen molar-refractivity contribution in [2.24, 2.45) is 0 Å². The number of benzene rings is 2. The van der Waals surface area contributed by atoms with Crippen molar-refractivity contribution in [3.8, 4) is 16.9 Å². The minimum atomic E-state index is -0.948. The predicted octanol–water partition coefficient (Wildman–Crippen LogP) is 4.67. The number of halogens is 5. The van der Waals surface area contributed by atoms with Crippen molar-refractivity contribution in [3.63, 3.8) is 0 Å². The molecule has 1 heterocycles. The fourth-order valence-electron chi connectivity index (χ4n) is 2.24. The maximum Gasteiger partial charge on any atom is 0.155 e. The molecule has 1 aromatic heterocycles. The Labute approximate surface area is 141 Å². The van der Waals surface area contributed by atoms with Crippen LogP contribution >= 0.6 is 15.9 Å². The second-order valence-electron chi connectivity index (χ2n) is 4.78. The third kappa shape index (κ3) is 2.62. The van der Waals surface area contributed by atoms with Crippen LogP contribution < -0.4 is 0 Å². The molecule has 2 aromatic carbocycles. The molecule has 0 saturated heterocycles. The average molecular weight is 399 g/mol. The van der Waals surface area contributed by atoms with Crippen LogP contribution in [0.3, 0.4) is 0 Å². The minimum Gasteiger partial charge on any atom is -0.298 e. The molecule has 0 bridgehead atoms. The van der Waals surface area contributed by atoms with Gasteiger partial charge in [0, 0.05) is 6.07 Å². The van der Waals surface area contributed by atoms with Crippen molar-refractivity contribution in [2.45, 2.75) is 0 Å². The number of aldehydes is 1. The van der Waals surface area contributed by atoms with Gasteiger partial charge in [0.2, 0.25) is 0 Å². The first-order chi connectivity index (χ1) is 11.4. The SMILES string of the molecule is O=Cc1c(-c2c(F)cccc2F)nn(-c2ccc(F)cc2F)c1Br. The molecular weight excluding hydrogens is 392 g/mol. The van der Waals surface area contributed by atoms with E-state index >= 15 is 0 Å². The van der Waals surface area contributed by atoms with Crippen molar-refractivity contribution >= 4 is 22.2 Å². The van der Waals surface area contributed by atoms with Gasteiger partial charge in [0.05, 0.1) is 11.1 Å². The van der Waals surface area contributed by atoms with Gasteiger partial charge in [-0.05, 0) is 40.2 Å². The second-order valence-corrected chi connectivity index (χ2v) is 5.53. The molecule has 3 rings (SSSR count). The van der Waals surface area contributed by atoms with Crippen molar-refractivity contribution in [3.05, 3.63) is 69.8 Å². The summed E-state index contributed by atoms with van der Waals surface area (Å²) in [5.41, 5.74) is -1.16. The average Bonchev–Trinajstić information content (AvgIpc) is 2.83. The fourth-order valence-corrected chi connectivity index (χ4v) is 2.79. The Hall–Kier alpha value is -2.48. The first-order valence-corrected chi connectivity index (χ1v) is 7.37. The van der Waals surface area contributed by atoms with Gasteiger partial charge in [0.15, 0.2) is 12.1 Å². The van der Waals surface area contributed by atoms with E-state index in [1.54, 1.807) is 0 Å². The molecule has 24 heavy (non-hydrogen) atoms. The molecule has 0 fully saturated rings. The van der Waals surface area contributed by atoms with Crippen LogP contribution in [-0.2, 0) is 0 Å². The summed E-state index contributed by atoms with van der Waals surface area (Å²) in [7, 11) is 0. The minimum absolute atomic E-state index is 0.0133. The summed E-state index contributed by atoms with van der Waals surface area (Å²) in [5.74, 6) is -3.59. The Bertz CT molecular complexity index is 935. The van der Waals surface area contributed by atoms with Crippen LogP contribution in [0.4, 0.5) is 17.6 Å². The van der Waals surface area contributed by atoms with Crippen molar-refractivity contribution in [2.75, 3.05) is 0 Å². The topological polar surface area (TPSA) is 34.9 Å². The van der Waals surface area contributed by atoms with E-state index in [1.165, 1.54) is 6.07 Å². The van der Waals surface area contributed by atoms with Gasteiger partial charge in [0.1, 0.15) is 33.4 Å². The van der Waals surface area contributed by atoms with Gasteiger partial charge in [-0.2, -0.15) is 5.10 Å². The van der Waals surface area contributed by atoms with E-state index in [1.807, 2.05) is 0 Å². The van der Waals surface area contributed by atoms with Crippen LogP contribution in [0.5, 0.6) is 0 Å². The van der Waals surface area contributed by atoms with Gasteiger partial charge in [-0.1, -0.05) is 6.07 Å². The number of hydrogen-bond acceptors (Lipinski definition) is 2. The third-order valence-electron chi connectivity index (χ3n) is 3.32. The lowest BCUT2D eigenvalue weighted by atomic mass is 10.1. The molecule has 122 valence electrons. The monoisotopic (exact) mass is 398 g/mol. The Morgan fingerprint density at radius 1 is 1.00 bits per heavy atom. The molecule has 3 aromatic rings. The molecule has 0 N–H and O–H groups in total. The molecule has 3 nitrogen and oxygen atoms in total. The molecule has 0 saturated carbocycles. The predicted molar refractivity (Wildman–Crippen MR) is 81.9 cm³/mol. The summed E-state index contributed by atoms with van der Waals surface area (Å²) in [4.78, 5) is 11.3. The van der Waals surface area contributed by atoms with Crippen LogP contribution in [0.15, 0.2) is 41.0 Å². The smallest absolute Gasteiger partial charge is 0.155 e. The fraction of sp³-hybridized carbons (Fsp3) is 0. The molecule has 0 radical (unpaired) electrons. The number of carbonyl (C=O) groups excluding carboxylic acids is 1. The van der Waals surface area contributed by atoms with E-state index in [4.69, 9.17) is 0 Å². The van der Waals surface area contributed by atoms with Crippen molar-refractivity contribution < 1.29 is 22.4 Å². The van der Waals surface area contributed by atoms with Gasteiger partial charge in [-0.3, -0.25) is 4.79 Å². The van der Waals surface area contributed by atoms with Crippen LogP contribution in [0.25, 0.3) is 16.9 Å². The van der Waals surface area contributed by atoms with Crippen molar-refractivity contribution in [1.82, 2.24) is 9.78 Å². The number of rotatable bonds is 3. The normalized spacial score (nSPS) is 10.9. The van der Waals surface area contributed by atoms with E-state index in [0.29, 0.717) is 12.4 Å². The molecule has 0 unspecified atom stereocenters. The molecule has 0 aliphatic carbocycles. The van der Waals surface area contributed by atoms with Gasteiger partial charge in [-0.25, -0.2) is 22.2 Å². The molecule has 8 heteroatoms. The highest BCUT2D eigenvalue weighted by Gasteiger charge is 2.24.